The van der Waals surface area contributed by atoms with Crippen molar-refractivity contribution in [2.24, 2.45) is 0 Å². The van der Waals surface area contributed by atoms with Crippen molar-refractivity contribution in [1.82, 2.24) is 0 Å². The number of alkyl halides is 3. The standard InChI is InChI=1S/C10H13F3O5/c1-4(14)16-8-6(3-11)18-10(13)7(12)9(8)17-5(2)15/h6-10H,3H2,1-2H3/t6-,7-,8-,9-,10-/m1/s1. The van der Waals surface area contributed by atoms with Crippen molar-refractivity contribution < 1.29 is 37.0 Å². The summed E-state index contributed by atoms with van der Waals surface area (Å²) in [5.74, 6) is -1.74. The third-order valence-electron chi connectivity index (χ3n) is 2.32. The van der Waals surface area contributed by atoms with Gasteiger partial charge in [-0.15, -0.1) is 0 Å². The first-order chi connectivity index (χ1) is 8.36. The summed E-state index contributed by atoms with van der Waals surface area (Å²) in [4.78, 5) is 21.6. The lowest BCUT2D eigenvalue weighted by Gasteiger charge is -2.38. The van der Waals surface area contributed by atoms with Gasteiger partial charge in [-0.25, -0.2) is 13.2 Å². The minimum Gasteiger partial charge on any atom is -0.456 e. The van der Waals surface area contributed by atoms with Crippen LogP contribution in [0.15, 0.2) is 0 Å². The van der Waals surface area contributed by atoms with Crippen molar-refractivity contribution in [3.8, 4) is 0 Å². The van der Waals surface area contributed by atoms with Crippen molar-refractivity contribution in [2.45, 2.75) is 44.7 Å². The molecule has 0 bridgehead atoms. The predicted octanol–water partition coefficient (Wildman–Crippen LogP) is 0.852. The summed E-state index contributed by atoms with van der Waals surface area (Å²) in [6.45, 7) is 0.780. The van der Waals surface area contributed by atoms with E-state index in [1.165, 1.54) is 0 Å². The summed E-state index contributed by atoms with van der Waals surface area (Å²) < 4.78 is 52.9. The number of rotatable bonds is 3. The van der Waals surface area contributed by atoms with Gasteiger partial charge in [0.1, 0.15) is 12.8 Å². The summed E-state index contributed by atoms with van der Waals surface area (Å²) in [6, 6.07) is 0. The molecule has 1 aliphatic rings. The Bertz CT molecular complexity index is 309. The lowest BCUT2D eigenvalue weighted by molar-refractivity contribution is -0.255. The van der Waals surface area contributed by atoms with Crippen LogP contribution >= 0.6 is 0 Å². The number of esters is 2. The van der Waals surface area contributed by atoms with Gasteiger partial charge in [0.15, 0.2) is 18.4 Å². The van der Waals surface area contributed by atoms with Crippen LogP contribution in [0, 0.1) is 0 Å². The molecule has 0 radical (unpaired) electrons. The SMILES string of the molecule is CC(=O)O[C@@H]1[C@@H](F)[C@H](F)O[C@H](CF)[C@H]1OC(C)=O. The molecular weight excluding hydrogens is 257 g/mol. The molecule has 0 aromatic carbocycles. The average molecular weight is 270 g/mol. The lowest BCUT2D eigenvalue weighted by atomic mass is 10.0. The van der Waals surface area contributed by atoms with Crippen LogP contribution in [0.1, 0.15) is 13.8 Å². The Morgan fingerprint density at radius 1 is 1.11 bits per heavy atom. The van der Waals surface area contributed by atoms with Crippen LogP contribution in [0.3, 0.4) is 0 Å². The van der Waals surface area contributed by atoms with Gasteiger partial charge in [-0.05, 0) is 0 Å². The second-order valence-electron chi connectivity index (χ2n) is 3.77. The Morgan fingerprint density at radius 3 is 2.06 bits per heavy atom. The van der Waals surface area contributed by atoms with Gasteiger partial charge < -0.3 is 14.2 Å². The molecule has 0 spiro atoms. The first kappa shape index (κ1) is 14.7. The molecule has 8 heteroatoms. The zero-order chi connectivity index (χ0) is 13.9. The van der Waals surface area contributed by atoms with Crippen molar-refractivity contribution in [2.75, 3.05) is 6.67 Å². The summed E-state index contributed by atoms with van der Waals surface area (Å²) in [5, 5.41) is 0. The third-order valence-corrected chi connectivity index (χ3v) is 2.32. The maximum Gasteiger partial charge on any atom is 0.303 e. The number of halogens is 3. The highest BCUT2D eigenvalue weighted by molar-refractivity contribution is 5.67. The van der Waals surface area contributed by atoms with Crippen LogP contribution in [-0.2, 0) is 23.8 Å². The van der Waals surface area contributed by atoms with Crippen LogP contribution in [0.25, 0.3) is 0 Å². The van der Waals surface area contributed by atoms with E-state index in [9.17, 15) is 22.8 Å². The van der Waals surface area contributed by atoms with E-state index >= 15 is 0 Å². The lowest BCUT2D eigenvalue weighted by Crippen LogP contribution is -2.58. The summed E-state index contributed by atoms with van der Waals surface area (Å²) in [6.07, 6.45) is -9.54. The highest BCUT2D eigenvalue weighted by Crippen LogP contribution is 2.29. The van der Waals surface area contributed by atoms with Crippen LogP contribution in [0.4, 0.5) is 13.2 Å². The monoisotopic (exact) mass is 270 g/mol. The number of carbonyl (C=O) groups is 2. The zero-order valence-corrected chi connectivity index (χ0v) is 9.77. The van der Waals surface area contributed by atoms with Gasteiger partial charge in [-0.1, -0.05) is 0 Å². The molecule has 1 heterocycles. The van der Waals surface area contributed by atoms with E-state index in [2.05, 4.69) is 14.2 Å². The minimum atomic E-state index is -2.44. The van der Waals surface area contributed by atoms with E-state index in [1.807, 2.05) is 0 Å². The Hall–Kier alpha value is -1.31. The van der Waals surface area contributed by atoms with Gasteiger partial charge in [0.05, 0.1) is 0 Å². The smallest absolute Gasteiger partial charge is 0.303 e. The van der Waals surface area contributed by atoms with E-state index in [0.717, 1.165) is 13.8 Å². The highest BCUT2D eigenvalue weighted by Gasteiger charge is 2.50. The molecule has 1 saturated heterocycles. The van der Waals surface area contributed by atoms with Gasteiger partial charge >= 0.3 is 11.9 Å². The van der Waals surface area contributed by atoms with Crippen molar-refractivity contribution >= 4 is 11.9 Å². The molecule has 0 unspecified atom stereocenters. The van der Waals surface area contributed by atoms with E-state index in [0.29, 0.717) is 0 Å². The van der Waals surface area contributed by atoms with E-state index in [-0.39, 0.29) is 0 Å². The predicted molar refractivity (Wildman–Crippen MR) is 51.7 cm³/mol. The highest BCUT2D eigenvalue weighted by atomic mass is 19.2. The van der Waals surface area contributed by atoms with Crippen molar-refractivity contribution in [3.05, 3.63) is 0 Å². The number of ether oxygens (including phenoxy) is 3. The second kappa shape index (κ2) is 6.03. The fourth-order valence-corrected chi connectivity index (χ4v) is 1.64. The molecule has 5 nitrogen and oxygen atoms in total. The molecule has 18 heavy (non-hydrogen) atoms. The van der Waals surface area contributed by atoms with Gasteiger partial charge in [0.2, 0.25) is 6.36 Å². The molecule has 0 saturated carbocycles. The molecule has 0 N–H and O–H groups in total. The third kappa shape index (κ3) is 3.34. The molecular formula is C10H13F3O5. The quantitative estimate of drug-likeness (QED) is 0.711. The molecule has 0 aromatic heterocycles. The maximum atomic E-state index is 13.5. The van der Waals surface area contributed by atoms with Crippen molar-refractivity contribution in [1.29, 1.82) is 0 Å². The molecule has 0 amide bonds. The normalized spacial score (nSPS) is 35.9. The Balaban J connectivity index is 2.92. The number of hydrogen-bond donors (Lipinski definition) is 0. The van der Waals surface area contributed by atoms with Gasteiger partial charge in [-0.3, -0.25) is 9.59 Å². The summed E-state index contributed by atoms with van der Waals surface area (Å²) >= 11 is 0. The van der Waals surface area contributed by atoms with E-state index < -0.39 is 49.5 Å². The van der Waals surface area contributed by atoms with Crippen LogP contribution in [0.2, 0.25) is 0 Å². The van der Waals surface area contributed by atoms with E-state index in [4.69, 9.17) is 0 Å². The fourth-order valence-electron chi connectivity index (χ4n) is 1.64. The molecule has 5 atom stereocenters. The van der Waals surface area contributed by atoms with E-state index in [1.54, 1.807) is 0 Å². The Kier molecular flexibility index (Phi) is 4.94. The van der Waals surface area contributed by atoms with Gasteiger partial charge in [0, 0.05) is 13.8 Å². The molecule has 1 aliphatic heterocycles. The average Bonchev–Trinajstić information content (AvgIpc) is 2.27. The van der Waals surface area contributed by atoms with Gasteiger partial charge in [0.25, 0.3) is 0 Å². The van der Waals surface area contributed by atoms with Crippen LogP contribution in [-0.4, -0.2) is 49.5 Å². The minimum absolute atomic E-state index is 0.844. The number of carbonyl (C=O) groups excluding carboxylic acids is 2. The van der Waals surface area contributed by atoms with Gasteiger partial charge in [-0.2, -0.15) is 0 Å². The maximum absolute atomic E-state index is 13.5. The van der Waals surface area contributed by atoms with Crippen LogP contribution in [0.5, 0.6) is 0 Å². The largest absolute Gasteiger partial charge is 0.456 e. The first-order valence-electron chi connectivity index (χ1n) is 5.20. The molecule has 104 valence electrons. The number of hydrogen-bond acceptors (Lipinski definition) is 5. The molecule has 1 rings (SSSR count). The topological polar surface area (TPSA) is 61.8 Å². The Labute approximate surface area is 101 Å². The molecule has 0 aliphatic carbocycles. The van der Waals surface area contributed by atoms with Crippen LogP contribution < -0.4 is 0 Å². The summed E-state index contributed by atoms with van der Waals surface area (Å²) in [5.41, 5.74) is 0. The first-order valence-corrected chi connectivity index (χ1v) is 5.20. The fraction of sp³-hybridized carbons (Fsp3) is 0.800. The zero-order valence-electron chi connectivity index (χ0n) is 9.77. The Morgan fingerprint density at radius 2 is 1.61 bits per heavy atom. The van der Waals surface area contributed by atoms with Crippen molar-refractivity contribution in [3.63, 3.8) is 0 Å². The molecule has 1 fully saturated rings. The summed E-state index contributed by atoms with van der Waals surface area (Å²) in [7, 11) is 0. The molecule has 0 aromatic rings. The second-order valence-corrected chi connectivity index (χ2v) is 3.77.